The van der Waals surface area contributed by atoms with Gasteiger partial charge in [-0.05, 0) is 38.4 Å². The van der Waals surface area contributed by atoms with Crippen LogP contribution in [0.4, 0.5) is 0 Å². The molecule has 2 unspecified atom stereocenters. The van der Waals surface area contributed by atoms with E-state index in [2.05, 4.69) is 11.0 Å². The molecule has 4 nitrogen and oxygen atoms in total. The van der Waals surface area contributed by atoms with E-state index in [9.17, 15) is 5.11 Å². The van der Waals surface area contributed by atoms with E-state index in [1.165, 1.54) is 0 Å². The van der Waals surface area contributed by atoms with Crippen LogP contribution in [-0.2, 0) is 0 Å². The van der Waals surface area contributed by atoms with Crippen molar-refractivity contribution >= 4 is 0 Å². The van der Waals surface area contributed by atoms with Gasteiger partial charge < -0.3 is 9.84 Å². The lowest BCUT2D eigenvalue weighted by Gasteiger charge is -2.24. The molecule has 0 saturated carbocycles. The number of nitrogens with zero attached hydrogens (tertiary/aromatic N) is 2. The number of aryl methyl sites for hydroxylation is 2. The van der Waals surface area contributed by atoms with Crippen LogP contribution < -0.4 is 4.74 Å². The van der Waals surface area contributed by atoms with Crippen molar-refractivity contribution in [2.24, 2.45) is 5.92 Å². The molecular formula is C17H26N2O2. The van der Waals surface area contributed by atoms with Gasteiger partial charge in [0.15, 0.2) is 0 Å². The minimum Gasteiger partial charge on any atom is -0.490 e. The lowest BCUT2D eigenvalue weighted by Crippen LogP contribution is -2.37. The fourth-order valence-electron chi connectivity index (χ4n) is 2.32. The molecule has 0 aliphatic heterocycles. The van der Waals surface area contributed by atoms with Crippen LogP contribution in [0.25, 0.3) is 0 Å². The Kier molecular flexibility index (Phi) is 7.21. The molecule has 0 aromatic heterocycles. The number of rotatable bonds is 8. The van der Waals surface area contributed by atoms with Gasteiger partial charge in [-0.3, -0.25) is 4.90 Å². The summed E-state index contributed by atoms with van der Waals surface area (Å²) in [5, 5.41) is 19.0. The third-order valence-electron chi connectivity index (χ3n) is 3.50. The maximum atomic E-state index is 10.1. The van der Waals surface area contributed by atoms with Gasteiger partial charge in [-0.15, -0.1) is 0 Å². The highest BCUT2D eigenvalue weighted by molar-refractivity contribution is 5.39. The van der Waals surface area contributed by atoms with Gasteiger partial charge in [-0.25, -0.2) is 0 Å². The molecule has 0 heterocycles. The van der Waals surface area contributed by atoms with Gasteiger partial charge in [0.2, 0.25) is 0 Å². The zero-order valence-electron chi connectivity index (χ0n) is 13.5. The van der Waals surface area contributed by atoms with Gasteiger partial charge in [0.05, 0.1) is 12.0 Å². The Hall–Kier alpha value is -1.57. The first-order chi connectivity index (χ1) is 9.97. The monoisotopic (exact) mass is 290 g/mol. The molecule has 0 bridgehead atoms. The fraction of sp³-hybridized carbons (Fsp3) is 0.588. The number of para-hydroxylation sites is 1. The van der Waals surface area contributed by atoms with Gasteiger partial charge in [-0.2, -0.15) is 5.26 Å². The van der Waals surface area contributed by atoms with Gasteiger partial charge in [0.25, 0.3) is 0 Å². The molecule has 116 valence electrons. The zero-order valence-corrected chi connectivity index (χ0v) is 13.5. The molecule has 4 heteroatoms. The van der Waals surface area contributed by atoms with Gasteiger partial charge in [-0.1, -0.05) is 25.1 Å². The maximum absolute atomic E-state index is 10.1. The van der Waals surface area contributed by atoms with Crippen LogP contribution in [0.5, 0.6) is 5.75 Å². The summed E-state index contributed by atoms with van der Waals surface area (Å²) >= 11 is 0. The van der Waals surface area contributed by atoms with Crippen LogP contribution in [0.3, 0.4) is 0 Å². The third-order valence-corrected chi connectivity index (χ3v) is 3.50. The molecule has 1 rings (SSSR count). The number of aliphatic hydroxyl groups is 1. The first kappa shape index (κ1) is 17.5. The Morgan fingerprint density at radius 3 is 2.43 bits per heavy atom. The minimum atomic E-state index is -0.560. The lowest BCUT2D eigenvalue weighted by molar-refractivity contribution is 0.0671. The van der Waals surface area contributed by atoms with Gasteiger partial charge in [0.1, 0.15) is 18.5 Å². The van der Waals surface area contributed by atoms with Crippen molar-refractivity contribution in [2.45, 2.75) is 33.8 Å². The van der Waals surface area contributed by atoms with E-state index in [-0.39, 0.29) is 12.5 Å². The van der Waals surface area contributed by atoms with Crippen LogP contribution in [0.15, 0.2) is 18.2 Å². The smallest absolute Gasteiger partial charge is 0.125 e. The highest BCUT2D eigenvalue weighted by atomic mass is 16.5. The second-order valence-corrected chi connectivity index (χ2v) is 5.57. The molecule has 0 saturated heterocycles. The van der Waals surface area contributed by atoms with Crippen molar-refractivity contribution < 1.29 is 9.84 Å². The molecule has 2 atom stereocenters. The first-order valence-electron chi connectivity index (χ1n) is 7.47. The van der Waals surface area contributed by atoms with Crippen LogP contribution in [-0.4, -0.2) is 42.4 Å². The van der Waals surface area contributed by atoms with Crippen LogP contribution >= 0.6 is 0 Å². The highest BCUT2D eigenvalue weighted by Gasteiger charge is 2.14. The Bertz CT molecular complexity index is 462. The first-order valence-corrected chi connectivity index (χ1v) is 7.47. The van der Waals surface area contributed by atoms with E-state index in [0.29, 0.717) is 13.1 Å². The SMILES string of the molecule is CCN(CC(C)C#N)CC(O)COc1c(C)cccc1C. The fourth-order valence-corrected chi connectivity index (χ4v) is 2.32. The third kappa shape index (κ3) is 5.74. The van der Waals surface area contributed by atoms with Crippen molar-refractivity contribution in [3.05, 3.63) is 29.3 Å². The molecule has 0 radical (unpaired) electrons. The molecule has 0 amide bonds. The summed E-state index contributed by atoms with van der Waals surface area (Å²) in [6, 6.07) is 8.22. The molecule has 1 aromatic carbocycles. The molecule has 1 aromatic rings. The van der Waals surface area contributed by atoms with Crippen LogP contribution in [0.2, 0.25) is 0 Å². The number of benzene rings is 1. The summed E-state index contributed by atoms with van der Waals surface area (Å²) in [4.78, 5) is 2.08. The number of aliphatic hydroxyl groups excluding tert-OH is 1. The van der Waals surface area contributed by atoms with E-state index < -0.39 is 6.10 Å². The summed E-state index contributed by atoms with van der Waals surface area (Å²) in [5.41, 5.74) is 2.15. The molecule has 0 fully saturated rings. The predicted molar refractivity (Wildman–Crippen MR) is 84.3 cm³/mol. The predicted octanol–water partition coefficient (Wildman–Crippen LogP) is 2.52. The topological polar surface area (TPSA) is 56.5 Å². The minimum absolute atomic E-state index is 0.0309. The van der Waals surface area contributed by atoms with Crippen molar-refractivity contribution in [2.75, 3.05) is 26.2 Å². The van der Waals surface area contributed by atoms with Crippen molar-refractivity contribution in [3.8, 4) is 11.8 Å². The molecular weight excluding hydrogens is 264 g/mol. The Labute approximate surface area is 128 Å². The van der Waals surface area contributed by atoms with E-state index in [0.717, 1.165) is 23.4 Å². The molecule has 0 spiro atoms. The number of hydrogen-bond donors (Lipinski definition) is 1. The van der Waals surface area contributed by atoms with Gasteiger partial charge in [0, 0.05) is 13.1 Å². The second-order valence-electron chi connectivity index (χ2n) is 5.57. The van der Waals surface area contributed by atoms with E-state index in [1.807, 2.05) is 45.9 Å². The molecule has 1 N–H and O–H groups in total. The second kappa shape index (κ2) is 8.66. The van der Waals surface area contributed by atoms with E-state index in [1.54, 1.807) is 0 Å². The number of likely N-dealkylation sites (N-methyl/N-ethyl adjacent to an activating group) is 1. The van der Waals surface area contributed by atoms with Crippen molar-refractivity contribution in [1.29, 1.82) is 5.26 Å². The summed E-state index contributed by atoms with van der Waals surface area (Å²) in [5.74, 6) is 0.821. The average Bonchev–Trinajstić information content (AvgIpc) is 2.45. The zero-order chi connectivity index (χ0) is 15.8. The largest absolute Gasteiger partial charge is 0.490 e. The van der Waals surface area contributed by atoms with Crippen LogP contribution in [0, 0.1) is 31.1 Å². The average molecular weight is 290 g/mol. The number of nitriles is 1. The Morgan fingerprint density at radius 2 is 1.90 bits per heavy atom. The van der Waals surface area contributed by atoms with Gasteiger partial charge >= 0.3 is 0 Å². The summed E-state index contributed by atoms with van der Waals surface area (Å²) < 4.78 is 5.76. The van der Waals surface area contributed by atoms with Crippen molar-refractivity contribution in [3.63, 3.8) is 0 Å². The summed E-state index contributed by atoms with van der Waals surface area (Å²) in [7, 11) is 0. The lowest BCUT2D eigenvalue weighted by atomic mass is 10.1. The normalized spacial score (nSPS) is 13.8. The number of ether oxygens (including phenoxy) is 1. The standard InChI is InChI=1S/C17H26N2O2/c1-5-19(10-13(2)9-18)11-16(20)12-21-17-14(3)7-6-8-15(17)4/h6-8,13,16,20H,5,10-12H2,1-4H3. The van der Waals surface area contributed by atoms with E-state index >= 15 is 0 Å². The Morgan fingerprint density at radius 1 is 1.29 bits per heavy atom. The Balaban J connectivity index is 2.50. The van der Waals surface area contributed by atoms with Crippen molar-refractivity contribution in [1.82, 2.24) is 4.90 Å². The highest BCUT2D eigenvalue weighted by Crippen LogP contribution is 2.22. The maximum Gasteiger partial charge on any atom is 0.125 e. The molecule has 21 heavy (non-hydrogen) atoms. The number of hydrogen-bond acceptors (Lipinski definition) is 4. The molecule has 0 aliphatic carbocycles. The summed E-state index contributed by atoms with van der Waals surface area (Å²) in [6.45, 7) is 10.2. The van der Waals surface area contributed by atoms with E-state index in [4.69, 9.17) is 10.00 Å². The molecule has 0 aliphatic rings. The van der Waals surface area contributed by atoms with Crippen LogP contribution in [0.1, 0.15) is 25.0 Å². The quantitative estimate of drug-likeness (QED) is 0.799. The summed E-state index contributed by atoms with van der Waals surface area (Å²) in [6.07, 6.45) is -0.560.